The first-order chi connectivity index (χ1) is 13.7. The average molecular weight is 385 g/mol. The van der Waals surface area contributed by atoms with E-state index in [-0.39, 0.29) is 0 Å². The summed E-state index contributed by atoms with van der Waals surface area (Å²) in [5, 5.41) is 3.51. The number of guanidine groups is 1. The Hall–Kier alpha value is -1.82. The lowest BCUT2D eigenvalue weighted by molar-refractivity contribution is 0.309. The molecule has 1 saturated carbocycles. The van der Waals surface area contributed by atoms with E-state index in [0.29, 0.717) is 12.0 Å². The van der Waals surface area contributed by atoms with E-state index in [4.69, 9.17) is 9.98 Å². The molecule has 154 valence electrons. The maximum Gasteiger partial charge on any atom is 0.194 e. The fraction of sp³-hybridized carbons (Fsp3) is 0.727. The molecule has 2 aliphatic heterocycles. The van der Waals surface area contributed by atoms with E-state index in [1.165, 1.54) is 44.2 Å². The second-order valence-corrected chi connectivity index (χ2v) is 8.86. The first-order valence-corrected chi connectivity index (χ1v) is 11.1. The van der Waals surface area contributed by atoms with Crippen molar-refractivity contribution in [3.05, 3.63) is 23.9 Å². The highest BCUT2D eigenvalue weighted by atomic mass is 15.3. The third-order valence-electron chi connectivity index (χ3n) is 6.78. The minimum Gasteiger partial charge on any atom is -0.357 e. The van der Waals surface area contributed by atoms with E-state index in [1.807, 2.05) is 6.20 Å². The number of pyridine rings is 1. The highest BCUT2D eigenvalue weighted by molar-refractivity contribution is 5.80. The summed E-state index contributed by atoms with van der Waals surface area (Å²) in [6, 6.07) is 4.35. The molecule has 1 aliphatic carbocycles. The fourth-order valence-electron chi connectivity index (χ4n) is 4.97. The molecule has 0 atom stereocenters. The van der Waals surface area contributed by atoms with Gasteiger partial charge in [-0.05, 0) is 50.3 Å². The largest absolute Gasteiger partial charge is 0.357 e. The van der Waals surface area contributed by atoms with Crippen molar-refractivity contribution in [2.24, 2.45) is 10.4 Å². The summed E-state index contributed by atoms with van der Waals surface area (Å²) >= 11 is 0. The SMILES string of the molecule is CCNC(=NCc1ccc(N2CCN(C)CC2)nc1)N1CCC2(CCCC2)C1. The molecule has 1 N–H and O–H groups in total. The summed E-state index contributed by atoms with van der Waals surface area (Å²) in [7, 11) is 2.18. The van der Waals surface area contributed by atoms with Crippen LogP contribution in [0.15, 0.2) is 23.3 Å². The molecule has 28 heavy (non-hydrogen) atoms. The van der Waals surface area contributed by atoms with Crippen LogP contribution in [0.1, 0.15) is 44.6 Å². The molecular formula is C22H36N6. The van der Waals surface area contributed by atoms with Crippen LogP contribution in [0.25, 0.3) is 0 Å². The number of aromatic nitrogens is 1. The molecule has 6 nitrogen and oxygen atoms in total. The Bertz CT molecular complexity index is 656. The molecule has 6 heteroatoms. The molecule has 0 bridgehead atoms. The Kier molecular flexibility index (Phi) is 6.04. The lowest BCUT2D eigenvalue weighted by Gasteiger charge is -2.33. The topological polar surface area (TPSA) is 47.0 Å². The van der Waals surface area contributed by atoms with E-state index in [2.05, 4.69) is 46.1 Å². The third kappa shape index (κ3) is 4.43. The van der Waals surface area contributed by atoms with Gasteiger partial charge in [0.05, 0.1) is 6.54 Å². The number of hydrogen-bond donors (Lipinski definition) is 1. The number of aliphatic imine (C=N–C) groups is 1. The zero-order valence-corrected chi connectivity index (χ0v) is 17.7. The minimum absolute atomic E-state index is 0.571. The Morgan fingerprint density at radius 1 is 1.11 bits per heavy atom. The van der Waals surface area contributed by atoms with Crippen LogP contribution in [0.3, 0.4) is 0 Å². The van der Waals surface area contributed by atoms with Crippen molar-refractivity contribution in [3.63, 3.8) is 0 Å². The molecule has 0 aromatic carbocycles. The van der Waals surface area contributed by atoms with Crippen molar-refractivity contribution in [1.29, 1.82) is 0 Å². The molecule has 1 aromatic rings. The van der Waals surface area contributed by atoms with Crippen LogP contribution in [0, 0.1) is 5.41 Å². The van der Waals surface area contributed by atoms with Crippen LogP contribution in [0.2, 0.25) is 0 Å². The predicted octanol–water partition coefficient (Wildman–Crippen LogP) is 2.57. The molecule has 3 heterocycles. The number of nitrogens with zero attached hydrogens (tertiary/aromatic N) is 5. The van der Waals surface area contributed by atoms with Gasteiger partial charge in [0, 0.05) is 52.0 Å². The van der Waals surface area contributed by atoms with Gasteiger partial charge < -0.3 is 20.0 Å². The van der Waals surface area contributed by atoms with Gasteiger partial charge >= 0.3 is 0 Å². The second kappa shape index (κ2) is 8.68. The second-order valence-electron chi connectivity index (χ2n) is 8.86. The number of piperazine rings is 1. The molecular weight excluding hydrogens is 348 g/mol. The van der Waals surface area contributed by atoms with E-state index in [0.717, 1.165) is 51.0 Å². The summed E-state index contributed by atoms with van der Waals surface area (Å²) in [5.41, 5.74) is 1.75. The predicted molar refractivity (Wildman–Crippen MR) is 116 cm³/mol. The zero-order chi connectivity index (χ0) is 19.4. The standard InChI is InChI=1S/C22H36N6/c1-3-23-21(28-11-10-22(18-28)8-4-5-9-22)25-17-19-6-7-20(24-16-19)27-14-12-26(2)13-15-27/h6-7,16H,3-5,8-15,17-18H2,1-2H3,(H,23,25). The molecule has 3 aliphatic rings. The highest BCUT2D eigenvalue weighted by Gasteiger charge is 2.41. The van der Waals surface area contributed by atoms with E-state index < -0.39 is 0 Å². The Labute approximate surface area is 170 Å². The van der Waals surface area contributed by atoms with Gasteiger partial charge in [-0.2, -0.15) is 0 Å². The summed E-state index contributed by atoms with van der Waals surface area (Å²) in [5.74, 6) is 2.17. The molecule has 1 aromatic heterocycles. The number of hydrogen-bond acceptors (Lipinski definition) is 4. The van der Waals surface area contributed by atoms with Crippen molar-refractivity contribution in [3.8, 4) is 0 Å². The smallest absolute Gasteiger partial charge is 0.194 e. The van der Waals surface area contributed by atoms with Crippen LogP contribution < -0.4 is 10.2 Å². The van der Waals surface area contributed by atoms with Gasteiger partial charge in [-0.1, -0.05) is 18.9 Å². The Morgan fingerprint density at radius 3 is 2.57 bits per heavy atom. The van der Waals surface area contributed by atoms with E-state index in [1.54, 1.807) is 0 Å². The fourth-order valence-corrected chi connectivity index (χ4v) is 4.97. The van der Waals surface area contributed by atoms with Gasteiger partial charge in [0.2, 0.25) is 0 Å². The Balaban J connectivity index is 1.37. The first-order valence-electron chi connectivity index (χ1n) is 11.1. The molecule has 2 saturated heterocycles. The normalized spacial score (nSPS) is 23.0. The number of rotatable bonds is 4. The van der Waals surface area contributed by atoms with Gasteiger partial charge in [-0.15, -0.1) is 0 Å². The van der Waals surface area contributed by atoms with Gasteiger partial charge in [0.25, 0.3) is 0 Å². The number of nitrogens with one attached hydrogen (secondary N) is 1. The molecule has 1 spiro atoms. The lowest BCUT2D eigenvalue weighted by Crippen LogP contribution is -2.44. The summed E-state index contributed by atoms with van der Waals surface area (Å²) in [6.07, 6.45) is 8.96. The van der Waals surface area contributed by atoms with Crippen molar-refractivity contribution in [1.82, 2.24) is 20.1 Å². The van der Waals surface area contributed by atoms with E-state index >= 15 is 0 Å². The maximum absolute atomic E-state index is 4.94. The van der Waals surface area contributed by atoms with Crippen molar-refractivity contribution >= 4 is 11.8 Å². The van der Waals surface area contributed by atoms with Crippen LogP contribution in [-0.4, -0.2) is 73.6 Å². The van der Waals surface area contributed by atoms with Crippen molar-refractivity contribution in [2.45, 2.75) is 45.6 Å². The van der Waals surface area contributed by atoms with Crippen molar-refractivity contribution in [2.75, 3.05) is 57.8 Å². The number of likely N-dealkylation sites (tertiary alicyclic amines) is 1. The van der Waals surface area contributed by atoms with Crippen LogP contribution in [0.5, 0.6) is 0 Å². The van der Waals surface area contributed by atoms with Gasteiger partial charge in [0.15, 0.2) is 5.96 Å². The van der Waals surface area contributed by atoms with Crippen LogP contribution in [-0.2, 0) is 6.54 Å². The first kappa shape index (κ1) is 19.5. The summed E-state index contributed by atoms with van der Waals surface area (Å²) in [4.78, 5) is 16.9. The molecule has 4 rings (SSSR count). The molecule has 0 unspecified atom stereocenters. The molecule has 0 amide bonds. The Morgan fingerprint density at radius 2 is 1.89 bits per heavy atom. The van der Waals surface area contributed by atoms with Crippen molar-refractivity contribution < 1.29 is 0 Å². The van der Waals surface area contributed by atoms with Gasteiger partial charge in [0.1, 0.15) is 5.82 Å². The van der Waals surface area contributed by atoms with E-state index in [9.17, 15) is 0 Å². The summed E-state index contributed by atoms with van der Waals surface area (Å²) < 4.78 is 0. The van der Waals surface area contributed by atoms with Crippen LogP contribution >= 0.6 is 0 Å². The number of anilines is 1. The minimum atomic E-state index is 0.571. The van der Waals surface area contributed by atoms with Gasteiger partial charge in [-0.25, -0.2) is 9.98 Å². The lowest BCUT2D eigenvalue weighted by atomic mass is 9.86. The van der Waals surface area contributed by atoms with Gasteiger partial charge in [-0.3, -0.25) is 0 Å². The number of likely N-dealkylation sites (N-methyl/N-ethyl adjacent to an activating group) is 1. The molecule has 3 fully saturated rings. The quantitative estimate of drug-likeness (QED) is 0.639. The monoisotopic (exact) mass is 384 g/mol. The summed E-state index contributed by atoms with van der Waals surface area (Å²) in [6.45, 7) is 10.4. The zero-order valence-electron chi connectivity index (χ0n) is 17.7. The highest BCUT2D eigenvalue weighted by Crippen LogP contribution is 2.45. The maximum atomic E-state index is 4.94. The average Bonchev–Trinajstić information content (AvgIpc) is 3.36. The molecule has 0 radical (unpaired) electrons. The third-order valence-corrected chi connectivity index (χ3v) is 6.78. The van der Waals surface area contributed by atoms with Crippen LogP contribution in [0.4, 0.5) is 5.82 Å².